The third-order valence-electron chi connectivity index (χ3n) is 4.65. The van der Waals surface area contributed by atoms with E-state index in [-0.39, 0.29) is 35.7 Å². The fourth-order valence-corrected chi connectivity index (χ4v) is 3.57. The van der Waals surface area contributed by atoms with Crippen molar-refractivity contribution >= 4 is 39.2 Å². The van der Waals surface area contributed by atoms with Gasteiger partial charge in [0.2, 0.25) is 5.88 Å². The Morgan fingerprint density at radius 3 is 2.41 bits per heavy atom. The molecule has 1 amide bonds. The standard InChI is InChI=1S/C18H21N7O8S/c1-9-12(15(19)28)17(29)24(7-5-11(26)27)18(30)13(9)21-22-16-14(20-3)10(2)23-25(16)6-4-8-34(31,32)33/h29H,4-8H2,1-2H3,(H2,19,28)(H,26,27)(H,31,32,33). The summed E-state index contributed by atoms with van der Waals surface area (Å²) in [6, 6.07) is 0. The van der Waals surface area contributed by atoms with Gasteiger partial charge >= 0.3 is 5.97 Å². The van der Waals surface area contributed by atoms with Gasteiger partial charge in [0.1, 0.15) is 5.56 Å². The summed E-state index contributed by atoms with van der Waals surface area (Å²) in [5.41, 5.74) is 3.55. The van der Waals surface area contributed by atoms with Crippen LogP contribution in [0, 0.1) is 20.4 Å². The lowest BCUT2D eigenvalue weighted by Crippen LogP contribution is -2.26. The normalized spacial score (nSPS) is 11.6. The summed E-state index contributed by atoms with van der Waals surface area (Å²) in [6.07, 6.45) is -0.612. The van der Waals surface area contributed by atoms with Crippen LogP contribution in [-0.4, -0.2) is 55.2 Å². The highest BCUT2D eigenvalue weighted by atomic mass is 32.2. The number of primary amides is 1. The quantitative estimate of drug-likeness (QED) is 0.210. The number of carbonyl (C=O) groups excluding carboxylic acids is 1. The molecule has 16 heteroatoms. The van der Waals surface area contributed by atoms with Gasteiger partial charge in [-0.15, -0.1) is 10.2 Å². The highest BCUT2D eigenvalue weighted by Gasteiger charge is 2.23. The van der Waals surface area contributed by atoms with Crippen molar-refractivity contribution in [1.29, 1.82) is 0 Å². The molecule has 0 atom stereocenters. The minimum absolute atomic E-state index is 0.0339. The van der Waals surface area contributed by atoms with E-state index in [1.165, 1.54) is 18.5 Å². The Kier molecular flexibility index (Phi) is 7.87. The zero-order chi connectivity index (χ0) is 25.8. The average Bonchev–Trinajstić information content (AvgIpc) is 3.00. The van der Waals surface area contributed by atoms with Crippen LogP contribution in [-0.2, 0) is 28.0 Å². The van der Waals surface area contributed by atoms with Crippen LogP contribution in [0.15, 0.2) is 15.0 Å². The highest BCUT2D eigenvalue weighted by Crippen LogP contribution is 2.34. The second-order valence-corrected chi connectivity index (χ2v) is 8.64. The number of aromatic hydroxyl groups is 1. The number of carbonyl (C=O) groups is 2. The molecule has 0 aromatic carbocycles. The molecule has 0 spiro atoms. The first-order chi connectivity index (χ1) is 15.8. The Labute approximate surface area is 192 Å². The number of azo groups is 1. The first-order valence-corrected chi connectivity index (χ1v) is 11.2. The molecule has 15 nitrogen and oxygen atoms in total. The lowest BCUT2D eigenvalue weighted by Gasteiger charge is -2.14. The first-order valence-electron chi connectivity index (χ1n) is 9.58. The molecule has 0 saturated heterocycles. The summed E-state index contributed by atoms with van der Waals surface area (Å²) in [7, 11) is -4.22. The Hall–Kier alpha value is -4.10. The third-order valence-corrected chi connectivity index (χ3v) is 5.46. The van der Waals surface area contributed by atoms with Crippen LogP contribution in [0.5, 0.6) is 5.88 Å². The number of aliphatic carboxylic acids is 1. The van der Waals surface area contributed by atoms with Gasteiger partial charge in [0.25, 0.3) is 27.3 Å². The first kappa shape index (κ1) is 26.2. The number of hydrogen-bond acceptors (Lipinski definition) is 9. The Balaban J connectivity index is 2.62. The molecule has 0 aliphatic carbocycles. The SMILES string of the molecule is [C-]#[N+]c1c(C)nn(CCCS(=O)(=O)O)c1N=Nc1c(C)c(C(N)=O)c(O)n(CCC(=O)O)c1=O. The Bertz CT molecular complexity index is 1380. The number of pyridine rings is 1. The van der Waals surface area contributed by atoms with E-state index < -0.39 is 63.4 Å². The number of amides is 1. The van der Waals surface area contributed by atoms with Crippen LogP contribution in [0.4, 0.5) is 17.2 Å². The summed E-state index contributed by atoms with van der Waals surface area (Å²) in [6.45, 7) is 9.59. The van der Waals surface area contributed by atoms with Gasteiger partial charge in [-0.3, -0.25) is 28.2 Å². The van der Waals surface area contributed by atoms with Crippen molar-refractivity contribution in [3.8, 4) is 5.88 Å². The van der Waals surface area contributed by atoms with E-state index >= 15 is 0 Å². The molecular weight excluding hydrogens is 474 g/mol. The maximum Gasteiger partial charge on any atom is 0.305 e. The Morgan fingerprint density at radius 2 is 1.88 bits per heavy atom. The van der Waals surface area contributed by atoms with E-state index in [1.54, 1.807) is 0 Å². The molecule has 0 fully saturated rings. The maximum atomic E-state index is 12.9. The van der Waals surface area contributed by atoms with Gasteiger partial charge in [-0.2, -0.15) is 13.5 Å². The minimum Gasteiger partial charge on any atom is -0.494 e. The van der Waals surface area contributed by atoms with Crippen molar-refractivity contribution in [3.05, 3.63) is 38.6 Å². The number of nitrogens with zero attached hydrogens (tertiary/aromatic N) is 6. The summed E-state index contributed by atoms with van der Waals surface area (Å²) in [5.74, 6) is -3.86. The van der Waals surface area contributed by atoms with E-state index in [4.69, 9.17) is 22.0 Å². The number of nitrogens with two attached hydrogens (primary N) is 1. The predicted molar refractivity (Wildman–Crippen MR) is 116 cm³/mol. The molecule has 0 aliphatic rings. The van der Waals surface area contributed by atoms with E-state index in [0.717, 1.165) is 0 Å². The van der Waals surface area contributed by atoms with Gasteiger partial charge in [-0.1, -0.05) is 0 Å². The zero-order valence-electron chi connectivity index (χ0n) is 18.1. The van der Waals surface area contributed by atoms with Crippen LogP contribution in [0.25, 0.3) is 4.85 Å². The number of rotatable bonds is 10. The van der Waals surface area contributed by atoms with Crippen molar-refractivity contribution in [1.82, 2.24) is 14.3 Å². The molecule has 2 rings (SSSR count). The average molecular weight is 495 g/mol. The van der Waals surface area contributed by atoms with Gasteiger partial charge in [0, 0.05) is 18.7 Å². The largest absolute Gasteiger partial charge is 0.494 e. The highest BCUT2D eigenvalue weighted by molar-refractivity contribution is 7.85. The molecule has 0 radical (unpaired) electrons. The minimum atomic E-state index is -4.22. The Morgan fingerprint density at radius 1 is 1.24 bits per heavy atom. The summed E-state index contributed by atoms with van der Waals surface area (Å²) >= 11 is 0. The molecule has 0 bridgehead atoms. The van der Waals surface area contributed by atoms with Crippen molar-refractivity contribution < 1.29 is 32.8 Å². The molecule has 2 aromatic heterocycles. The molecule has 0 aliphatic heterocycles. The van der Waals surface area contributed by atoms with Crippen molar-refractivity contribution in [2.75, 3.05) is 5.75 Å². The number of carboxylic acids is 1. The number of aromatic nitrogens is 3. The molecule has 182 valence electrons. The van der Waals surface area contributed by atoms with Gasteiger partial charge in [0.05, 0.1) is 24.4 Å². The molecule has 2 heterocycles. The topological polar surface area (TPSA) is 224 Å². The molecule has 5 N–H and O–H groups in total. The number of hydrogen-bond donors (Lipinski definition) is 4. The molecule has 34 heavy (non-hydrogen) atoms. The fourth-order valence-electron chi connectivity index (χ4n) is 3.07. The lowest BCUT2D eigenvalue weighted by atomic mass is 10.1. The third kappa shape index (κ3) is 5.82. The summed E-state index contributed by atoms with van der Waals surface area (Å²) in [4.78, 5) is 39.0. The lowest BCUT2D eigenvalue weighted by molar-refractivity contribution is -0.137. The van der Waals surface area contributed by atoms with E-state index in [9.17, 15) is 27.9 Å². The van der Waals surface area contributed by atoms with Crippen molar-refractivity contribution in [3.63, 3.8) is 0 Å². The van der Waals surface area contributed by atoms with Gasteiger partial charge in [-0.25, -0.2) is 4.85 Å². The molecule has 0 unspecified atom stereocenters. The predicted octanol–water partition coefficient (Wildman–Crippen LogP) is 1.18. The fraction of sp³-hybridized carbons (Fsp3) is 0.389. The number of carboxylic acid groups (broad SMARTS) is 1. The zero-order valence-corrected chi connectivity index (χ0v) is 18.9. The second-order valence-electron chi connectivity index (χ2n) is 7.07. The van der Waals surface area contributed by atoms with Crippen LogP contribution in [0.1, 0.15) is 34.5 Å². The molecule has 2 aromatic rings. The summed E-state index contributed by atoms with van der Waals surface area (Å²) in [5, 5.41) is 31.1. The molecule has 0 saturated carbocycles. The maximum absolute atomic E-state index is 12.9. The van der Waals surface area contributed by atoms with E-state index in [0.29, 0.717) is 4.57 Å². The van der Waals surface area contributed by atoms with Crippen molar-refractivity contribution in [2.24, 2.45) is 16.0 Å². The van der Waals surface area contributed by atoms with E-state index in [1.807, 2.05) is 0 Å². The molecular formula is C18H21N7O8S. The van der Waals surface area contributed by atoms with Gasteiger partial charge in [-0.05, 0) is 20.3 Å². The smallest absolute Gasteiger partial charge is 0.305 e. The van der Waals surface area contributed by atoms with Crippen LogP contribution < -0.4 is 11.3 Å². The summed E-state index contributed by atoms with van der Waals surface area (Å²) < 4.78 is 32.6. The van der Waals surface area contributed by atoms with Gasteiger partial charge < -0.3 is 15.9 Å². The monoisotopic (exact) mass is 495 g/mol. The van der Waals surface area contributed by atoms with Crippen LogP contribution in [0.3, 0.4) is 0 Å². The van der Waals surface area contributed by atoms with E-state index in [2.05, 4.69) is 20.2 Å². The number of aryl methyl sites for hydroxylation is 2. The second kappa shape index (κ2) is 10.2. The van der Waals surface area contributed by atoms with Gasteiger partial charge in [0.15, 0.2) is 11.5 Å². The van der Waals surface area contributed by atoms with Crippen LogP contribution in [0.2, 0.25) is 0 Å². The van der Waals surface area contributed by atoms with Crippen molar-refractivity contribution in [2.45, 2.75) is 39.8 Å². The van der Waals surface area contributed by atoms with Crippen LogP contribution >= 0.6 is 0 Å².